The number of carbonyl (C=O) groups excluding carboxylic acids is 3. The molecular weight excluding hydrogens is 290 g/mol. The molecule has 0 radical (unpaired) electrons. The van der Waals surface area contributed by atoms with Crippen LogP contribution in [0.3, 0.4) is 0 Å². The molecule has 2 rings (SSSR count). The molecule has 0 bridgehead atoms. The molecule has 3 unspecified atom stereocenters. The second-order valence-electron chi connectivity index (χ2n) is 6.87. The molecule has 2 aliphatic heterocycles. The molecule has 2 heterocycles. The summed E-state index contributed by atoms with van der Waals surface area (Å²) in [6, 6.07) is -0.524. The Kier molecular flexibility index (Phi) is 4.32. The lowest BCUT2D eigenvalue weighted by Crippen LogP contribution is -2.45. The zero-order valence-electron chi connectivity index (χ0n) is 13.1. The Bertz CT molecular complexity index is 487. The molecule has 0 aromatic heterocycles. The molecule has 3 amide bonds. The molecule has 3 N–H and O–H groups in total. The van der Waals surface area contributed by atoms with Gasteiger partial charge in [0.25, 0.3) is 0 Å². The van der Waals surface area contributed by atoms with E-state index in [2.05, 4.69) is 0 Å². The zero-order valence-corrected chi connectivity index (χ0v) is 13.1. The van der Waals surface area contributed by atoms with Gasteiger partial charge < -0.3 is 25.4 Å². The van der Waals surface area contributed by atoms with Crippen LogP contribution >= 0.6 is 0 Å². The second kappa shape index (κ2) is 5.75. The number of aliphatic hydroxyl groups is 1. The summed E-state index contributed by atoms with van der Waals surface area (Å²) in [7, 11) is 0. The third-order valence-electron chi connectivity index (χ3n) is 3.87. The van der Waals surface area contributed by atoms with Crippen molar-refractivity contribution < 1.29 is 24.2 Å². The Morgan fingerprint density at radius 1 is 1.27 bits per heavy atom. The summed E-state index contributed by atoms with van der Waals surface area (Å²) in [5, 5.41) is 10.2. The molecule has 2 aliphatic rings. The molecule has 0 spiro atoms. The molecule has 22 heavy (non-hydrogen) atoms. The van der Waals surface area contributed by atoms with Crippen molar-refractivity contribution >= 4 is 17.9 Å². The van der Waals surface area contributed by atoms with Gasteiger partial charge in [-0.1, -0.05) is 0 Å². The smallest absolute Gasteiger partial charge is 0.410 e. The lowest BCUT2D eigenvalue weighted by atomic mass is 10.1. The van der Waals surface area contributed by atoms with E-state index in [-0.39, 0.29) is 32.0 Å². The maximum atomic E-state index is 12.0. The van der Waals surface area contributed by atoms with Gasteiger partial charge in [0.05, 0.1) is 24.6 Å². The molecule has 8 heteroatoms. The van der Waals surface area contributed by atoms with Crippen LogP contribution in [0.2, 0.25) is 0 Å². The number of hydrogen-bond acceptors (Lipinski definition) is 5. The lowest BCUT2D eigenvalue weighted by Gasteiger charge is -2.27. The van der Waals surface area contributed by atoms with Crippen LogP contribution in [0, 0.1) is 5.92 Å². The van der Waals surface area contributed by atoms with Crippen LogP contribution in [0.15, 0.2) is 0 Å². The molecule has 124 valence electrons. The lowest BCUT2D eigenvalue weighted by molar-refractivity contribution is -0.131. The van der Waals surface area contributed by atoms with Gasteiger partial charge in [0, 0.05) is 19.5 Å². The molecule has 2 saturated heterocycles. The van der Waals surface area contributed by atoms with Crippen LogP contribution in [-0.2, 0) is 14.3 Å². The average molecular weight is 313 g/mol. The number of rotatable bonds is 2. The predicted molar refractivity (Wildman–Crippen MR) is 76.6 cm³/mol. The Hall–Kier alpha value is -1.83. The standard InChI is InChI=1S/C14H23N3O5/c1-14(2,3)22-13(21)16-6-9(10(18)7-16)17-5-8(12(15)20)4-11(17)19/h8-10,18H,4-7H2,1-3H3,(H2,15,20). The highest BCUT2D eigenvalue weighted by Gasteiger charge is 2.45. The van der Waals surface area contributed by atoms with Crippen LogP contribution < -0.4 is 5.73 Å². The van der Waals surface area contributed by atoms with Gasteiger partial charge in [0.2, 0.25) is 11.8 Å². The monoisotopic (exact) mass is 313 g/mol. The summed E-state index contributed by atoms with van der Waals surface area (Å²) < 4.78 is 5.27. The number of carbonyl (C=O) groups is 3. The van der Waals surface area contributed by atoms with Gasteiger partial charge in [-0.05, 0) is 20.8 Å². The first-order chi connectivity index (χ1) is 10.1. The van der Waals surface area contributed by atoms with Gasteiger partial charge in [0.1, 0.15) is 5.60 Å². The van der Waals surface area contributed by atoms with Crippen LogP contribution in [0.25, 0.3) is 0 Å². The fourth-order valence-corrected chi connectivity index (χ4v) is 2.79. The first kappa shape index (κ1) is 16.5. The van der Waals surface area contributed by atoms with Crippen LogP contribution in [-0.4, -0.2) is 70.2 Å². The van der Waals surface area contributed by atoms with E-state index in [4.69, 9.17) is 10.5 Å². The fraction of sp³-hybridized carbons (Fsp3) is 0.786. The largest absolute Gasteiger partial charge is 0.444 e. The minimum absolute atomic E-state index is 0.0605. The van der Waals surface area contributed by atoms with Crippen molar-refractivity contribution in [3.05, 3.63) is 0 Å². The maximum absolute atomic E-state index is 12.0. The molecule has 3 atom stereocenters. The number of primary amides is 1. The van der Waals surface area contributed by atoms with Gasteiger partial charge in [0.15, 0.2) is 0 Å². The number of β-amino-alcohol motifs (C(OH)–C–C–N with tert-alkyl or cyclic N) is 1. The number of amides is 3. The fourth-order valence-electron chi connectivity index (χ4n) is 2.79. The first-order valence-corrected chi connectivity index (χ1v) is 7.33. The SMILES string of the molecule is CC(C)(C)OC(=O)N1CC(O)C(N2CC(C(N)=O)CC2=O)C1. The normalized spacial score (nSPS) is 29.1. The van der Waals surface area contributed by atoms with Gasteiger partial charge in [-0.3, -0.25) is 9.59 Å². The summed E-state index contributed by atoms with van der Waals surface area (Å²) in [5.74, 6) is -1.28. The summed E-state index contributed by atoms with van der Waals surface area (Å²) >= 11 is 0. The molecule has 0 saturated carbocycles. The molecule has 0 aromatic carbocycles. The van der Waals surface area contributed by atoms with Crippen molar-refractivity contribution in [2.45, 2.75) is 44.9 Å². The number of aliphatic hydroxyl groups excluding tert-OH is 1. The van der Waals surface area contributed by atoms with E-state index in [9.17, 15) is 19.5 Å². The quantitative estimate of drug-likeness (QED) is 0.700. The van der Waals surface area contributed by atoms with E-state index in [0.717, 1.165) is 0 Å². The van der Waals surface area contributed by atoms with E-state index < -0.39 is 35.7 Å². The predicted octanol–water partition coefficient (Wildman–Crippen LogP) is -0.700. The minimum atomic E-state index is -0.858. The van der Waals surface area contributed by atoms with Gasteiger partial charge in [-0.2, -0.15) is 0 Å². The van der Waals surface area contributed by atoms with Crippen molar-refractivity contribution in [3.63, 3.8) is 0 Å². The summed E-state index contributed by atoms with van der Waals surface area (Å²) in [4.78, 5) is 38.1. The van der Waals surface area contributed by atoms with Crippen molar-refractivity contribution in [1.29, 1.82) is 0 Å². The minimum Gasteiger partial charge on any atom is -0.444 e. The molecule has 0 aromatic rings. The van der Waals surface area contributed by atoms with E-state index in [0.29, 0.717) is 0 Å². The Balaban J connectivity index is 2.01. The third kappa shape index (κ3) is 3.49. The van der Waals surface area contributed by atoms with Crippen LogP contribution in [0.5, 0.6) is 0 Å². The van der Waals surface area contributed by atoms with Crippen molar-refractivity contribution in [2.24, 2.45) is 11.7 Å². The van der Waals surface area contributed by atoms with Crippen molar-refractivity contribution in [2.75, 3.05) is 19.6 Å². The van der Waals surface area contributed by atoms with Gasteiger partial charge >= 0.3 is 6.09 Å². The van der Waals surface area contributed by atoms with E-state index in [1.165, 1.54) is 9.80 Å². The van der Waals surface area contributed by atoms with Crippen molar-refractivity contribution in [1.82, 2.24) is 9.80 Å². The van der Waals surface area contributed by atoms with Gasteiger partial charge in [-0.15, -0.1) is 0 Å². The third-order valence-corrected chi connectivity index (χ3v) is 3.87. The summed E-state index contributed by atoms with van der Waals surface area (Å²) in [5.41, 5.74) is 4.61. The molecule has 8 nitrogen and oxygen atoms in total. The molecular formula is C14H23N3O5. The summed E-state index contributed by atoms with van der Waals surface area (Å²) in [6.07, 6.45) is -1.32. The Labute approximate surface area is 129 Å². The summed E-state index contributed by atoms with van der Waals surface area (Å²) in [6.45, 7) is 5.76. The second-order valence-corrected chi connectivity index (χ2v) is 6.87. The van der Waals surface area contributed by atoms with E-state index in [1.54, 1.807) is 20.8 Å². The van der Waals surface area contributed by atoms with E-state index in [1.807, 2.05) is 0 Å². The average Bonchev–Trinajstić information content (AvgIpc) is 2.90. The molecule has 0 aliphatic carbocycles. The van der Waals surface area contributed by atoms with Crippen LogP contribution in [0.1, 0.15) is 27.2 Å². The van der Waals surface area contributed by atoms with Crippen molar-refractivity contribution in [3.8, 4) is 0 Å². The number of ether oxygens (including phenoxy) is 1. The number of nitrogens with zero attached hydrogens (tertiary/aromatic N) is 2. The molecule has 2 fully saturated rings. The Morgan fingerprint density at radius 2 is 1.91 bits per heavy atom. The number of hydrogen-bond donors (Lipinski definition) is 2. The Morgan fingerprint density at radius 3 is 2.41 bits per heavy atom. The zero-order chi connectivity index (χ0) is 16.7. The van der Waals surface area contributed by atoms with E-state index >= 15 is 0 Å². The first-order valence-electron chi connectivity index (χ1n) is 7.33. The van der Waals surface area contributed by atoms with Crippen LogP contribution in [0.4, 0.5) is 4.79 Å². The highest BCUT2D eigenvalue weighted by molar-refractivity contribution is 5.88. The number of nitrogens with two attached hydrogens (primary N) is 1. The maximum Gasteiger partial charge on any atom is 0.410 e. The highest BCUT2D eigenvalue weighted by Crippen LogP contribution is 2.26. The van der Waals surface area contributed by atoms with Gasteiger partial charge in [-0.25, -0.2) is 4.79 Å². The highest BCUT2D eigenvalue weighted by atomic mass is 16.6. The topological polar surface area (TPSA) is 113 Å². The number of likely N-dealkylation sites (tertiary alicyclic amines) is 2.